The summed E-state index contributed by atoms with van der Waals surface area (Å²) in [5.74, 6) is 2.22. The first kappa shape index (κ1) is 10.8. The van der Waals surface area contributed by atoms with Crippen molar-refractivity contribution in [1.82, 2.24) is 0 Å². The van der Waals surface area contributed by atoms with Crippen molar-refractivity contribution in [3.8, 4) is 0 Å². The lowest BCUT2D eigenvalue weighted by atomic mass is 9.53. The van der Waals surface area contributed by atoms with Crippen molar-refractivity contribution in [2.75, 3.05) is 11.5 Å². The van der Waals surface area contributed by atoms with Crippen LogP contribution in [0.3, 0.4) is 0 Å². The Morgan fingerprint density at radius 3 is 2.07 bits per heavy atom. The summed E-state index contributed by atoms with van der Waals surface area (Å²) in [5.41, 5.74) is 5.78. The van der Waals surface area contributed by atoms with Gasteiger partial charge in [-0.05, 0) is 42.6 Å². The molecule has 0 amide bonds. The summed E-state index contributed by atoms with van der Waals surface area (Å²) in [4.78, 5) is 0. The van der Waals surface area contributed by atoms with Crippen LogP contribution >= 0.6 is 11.8 Å². The fourth-order valence-electron chi connectivity index (χ4n) is 3.08. The predicted molar refractivity (Wildman–Crippen MR) is 61.4 cm³/mol. The molecule has 0 aromatic heterocycles. The van der Waals surface area contributed by atoms with Crippen LogP contribution in [0.4, 0.5) is 0 Å². The van der Waals surface area contributed by atoms with Gasteiger partial charge in [0.15, 0.2) is 0 Å². The highest BCUT2D eigenvalue weighted by Crippen LogP contribution is 2.54. The quantitative estimate of drug-likeness (QED) is 0.700. The van der Waals surface area contributed by atoms with Gasteiger partial charge >= 0.3 is 0 Å². The second kappa shape index (κ2) is 3.13. The Balaban J connectivity index is 2.07. The minimum atomic E-state index is -0.572. The first-order valence-electron chi connectivity index (χ1n) is 5.46. The van der Waals surface area contributed by atoms with Crippen LogP contribution < -0.4 is 5.73 Å². The van der Waals surface area contributed by atoms with Crippen LogP contribution in [0.25, 0.3) is 0 Å². The Morgan fingerprint density at radius 2 is 1.64 bits per heavy atom. The SMILES string of the molecule is CC1(C)CC(O)(C2(N)CCSCC2)C1. The van der Waals surface area contributed by atoms with Gasteiger partial charge in [0.1, 0.15) is 0 Å². The maximum Gasteiger partial charge on any atom is 0.0837 e. The largest absolute Gasteiger partial charge is 0.388 e. The molecule has 1 saturated heterocycles. The third kappa shape index (κ3) is 1.59. The molecule has 1 aliphatic carbocycles. The minimum absolute atomic E-state index is 0.297. The number of nitrogens with two attached hydrogens (primary N) is 1. The molecule has 0 atom stereocenters. The molecule has 0 bridgehead atoms. The molecular formula is C11H21NOS. The molecule has 0 aromatic carbocycles. The first-order chi connectivity index (χ1) is 6.37. The molecule has 2 fully saturated rings. The van der Waals surface area contributed by atoms with E-state index in [1.54, 1.807) is 0 Å². The first-order valence-corrected chi connectivity index (χ1v) is 6.62. The molecule has 2 aliphatic rings. The molecule has 0 spiro atoms. The minimum Gasteiger partial charge on any atom is -0.388 e. The fraction of sp³-hybridized carbons (Fsp3) is 1.00. The predicted octanol–water partition coefficient (Wildman–Crippen LogP) is 1.76. The summed E-state index contributed by atoms with van der Waals surface area (Å²) in [5, 5.41) is 10.5. The van der Waals surface area contributed by atoms with E-state index < -0.39 is 5.60 Å². The van der Waals surface area contributed by atoms with Crippen LogP contribution in [0.5, 0.6) is 0 Å². The van der Waals surface area contributed by atoms with Crippen molar-refractivity contribution >= 4 is 11.8 Å². The normalized spacial score (nSPS) is 33.4. The molecule has 0 radical (unpaired) electrons. The van der Waals surface area contributed by atoms with E-state index in [1.165, 1.54) is 0 Å². The second-order valence-electron chi connectivity index (χ2n) is 5.82. The van der Waals surface area contributed by atoms with Crippen molar-refractivity contribution in [2.45, 2.75) is 50.7 Å². The lowest BCUT2D eigenvalue weighted by Gasteiger charge is -2.59. The van der Waals surface area contributed by atoms with Gasteiger partial charge in [-0.3, -0.25) is 0 Å². The highest BCUT2D eigenvalue weighted by atomic mass is 32.2. The highest BCUT2D eigenvalue weighted by molar-refractivity contribution is 7.99. The Labute approximate surface area is 90.6 Å². The van der Waals surface area contributed by atoms with E-state index in [2.05, 4.69) is 13.8 Å². The zero-order chi connectivity index (χ0) is 10.4. The van der Waals surface area contributed by atoms with E-state index in [9.17, 15) is 5.11 Å². The smallest absolute Gasteiger partial charge is 0.0837 e. The number of hydrogen-bond donors (Lipinski definition) is 2. The summed E-state index contributed by atoms with van der Waals surface area (Å²) in [6.07, 6.45) is 3.71. The van der Waals surface area contributed by atoms with Crippen molar-refractivity contribution in [1.29, 1.82) is 0 Å². The summed E-state index contributed by atoms with van der Waals surface area (Å²) >= 11 is 1.96. The number of aliphatic hydroxyl groups is 1. The summed E-state index contributed by atoms with van der Waals surface area (Å²) in [7, 11) is 0. The average Bonchev–Trinajstić information content (AvgIpc) is 2.01. The fourth-order valence-corrected chi connectivity index (χ4v) is 4.31. The van der Waals surface area contributed by atoms with E-state index in [0.29, 0.717) is 5.41 Å². The molecular weight excluding hydrogens is 194 g/mol. The van der Waals surface area contributed by atoms with Crippen LogP contribution in [0.2, 0.25) is 0 Å². The van der Waals surface area contributed by atoms with Gasteiger partial charge in [-0.1, -0.05) is 13.8 Å². The van der Waals surface area contributed by atoms with Crippen LogP contribution in [-0.4, -0.2) is 27.8 Å². The monoisotopic (exact) mass is 215 g/mol. The maximum absolute atomic E-state index is 10.5. The van der Waals surface area contributed by atoms with Crippen LogP contribution in [0.15, 0.2) is 0 Å². The molecule has 1 aliphatic heterocycles. The van der Waals surface area contributed by atoms with Crippen LogP contribution in [-0.2, 0) is 0 Å². The average molecular weight is 215 g/mol. The van der Waals surface area contributed by atoms with E-state index >= 15 is 0 Å². The molecule has 1 heterocycles. The van der Waals surface area contributed by atoms with Crippen LogP contribution in [0, 0.1) is 5.41 Å². The van der Waals surface area contributed by atoms with Gasteiger partial charge < -0.3 is 10.8 Å². The Bertz CT molecular complexity index is 225. The van der Waals surface area contributed by atoms with E-state index in [-0.39, 0.29) is 5.54 Å². The van der Waals surface area contributed by atoms with Gasteiger partial charge in [-0.25, -0.2) is 0 Å². The zero-order valence-electron chi connectivity index (χ0n) is 9.18. The molecule has 0 unspecified atom stereocenters. The lowest BCUT2D eigenvalue weighted by molar-refractivity contribution is -0.163. The lowest BCUT2D eigenvalue weighted by Crippen LogP contribution is -2.69. The van der Waals surface area contributed by atoms with Gasteiger partial charge in [0, 0.05) is 5.54 Å². The molecule has 3 N–H and O–H groups in total. The van der Waals surface area contributed by atoms with Crippen molar-refractivity contribution in [3.63, 3.8) is 0 Å². The Hall–Kier alpha value is 0.270. The highest BCUT2D eigenvalue weighted by Gasteiger charge is 2.58. The van der Waals surface area contributed by atoms with Gasteiger partial charge in [0.25, 0.3) is 0 Å². The van der Waals surface area contributed by atoms with E-state index in [1.807, 2.05) is 11.8 Å². The number of rotatable bonds is 1. The Kier molecular flexibility index (Phi) is 2.41. The van der Waals surface area contributed by atoms with Gasteiger partial charge in [0.05, 0.1) is 5.60 Å². The van der Waals surface area contributed by atoms with Crippen molar-refractivity contribution < 1.29 is 5.11 Å². The Morgan fingerprint density at radius 1 is 1.14 bits per heavy atom. The molecule has 1 saturated carbocycles. The second-order valence-corrected chi connectivity index (χ2v) is 7.04. The number of thioether (sulfide) groups is 1. The molecule has 82 valence electrons. The van der Waals surface area contributed by atoms with Crippen molar-refractivity contribution in [2.24, 2.45) is 11.1 Å². The summed E-state index contributed by atoms with van der Waals surface area (Å²) in [6, 6.07) is 0. The molecule has 0 aromatic rings. The zero-order valence-corrected chi connectivity index (χ0v) is 9.99. The third-order valence-electron chi connectivity index (χ3n) is 3.85. The van der Waals surface area contributed by atoms with Gasteiger partial charge in [-0.15, -0.1) is 0 Å². The van der Waals surface area contributed by atoms with Gasteiger partial charge in [0.2, 0.25) is 0 Å². The van der Waals surface area contributed by atoms with Crippen LogP contribution in [0.1, 0.15) is 39.5 Å². The third-order valence-corrected chi connectivity index (χ3v) is 4.84. The van der Waals surface area contributed by atoms with Crippen molar-refractivity contribution in [3.05, 3.63) is 0 Å². The summed E-state index contributed by atoms with van der Waals surface area (Å²) < 4.78 is 0. The van der Waals surface area contributed by atoms with E-state index in [0.717, 1.165) is 37.2 Å². The molecule has 2 nitrogen and oxygen atoms in total. The number of hydrogen-bond acceptors (Lipinski definition) is 3. The molecule has 3 heteroatoms. The summed E-state index contributed by atoms with van der Waals surface area (Å²) in [6.45, 7) is 4.42. The standard InChI is InChI=1S/C11H21NOS/c1-9(2)7-11(13,8-9)10(12)3-5-14-6-4-10/h13H,3-8,12H2,1-2H3. The topological polar surface area (TPSA) is 46.2 Å². The van der Waals surface area contributed by atoms with E-state index in [4.69, 9.17) is 5.73 Å². The van der Waals surface area contributed by atoms with Gasteiger partial charge in [-0.2, -0.15) is 11.8 Å². The molecule has 14 heavy (non-hydrogen) atoms. The molecule has 2 rings (SSSR count). The maximum atomic E-state index is 10.5.